The molecule has 3 aliphatic rings. The zero-order chi connectivity index (χ0) is 25.0. The average molecular weight is 594 g/mol. The predicted molar refractivity (Wildman–Crippen MR) is 163 cm³/mol. The van der Waals surface area contributed by atoms with Gasteiger partial charge in [-0.1, -0.05) is 0 Å². The van der Waals surface area contributed by atoms with Crippen LogP contribution in [0.4, 0.5) is 0 Å². The van der Waals surface area contributed by atoms with Gasteiger partial charge in [0.05, 0.1) is 0 Å². The summed E-state index contributed by atoms with van der Waals surface area (Å²) in [5.74, 6) is 0. The molecule has 0 radical (unpaired) electrons. The number of rotatable bonds is 4. The van der Waals surface area contributed by atoms with Gasteiger partial charge < -0.3 is 0 Å². The van der Waals surface area contributed by atoms with Gasteiger partial charge >= 0.3 is 227 Å². The van der Waals surface area contributed by atoms with Crippen LogP contribution in [-0.2, 0) is 20.3 Å². The van der Waals surface area contributed by atoms with E-state index >= 15 is 0 Å². The van der Waals surface area contributed by atoms with Crippen molar-refractivity contribution in [3.05, 3.63) is 130 Å². The fourth-order valence-corrected chi connectivity index (χ4v) is 26.0. The first-order valence-corrected chi connectivity index (χ1v) is 20.2. The van der Waals surface area contributed by atoms with E-state index in [-0.39, 0.29) is 12.4 Å². The maximum absolute atomic E-state index is 2.81. The van der Waals surface area contributed by atoms with Crippen LogP contribution in [0, 0.1) is 0 Å². The summed E-state index contributed by atoms with van der Waals surface area (Å²) in [6, 6.07) is 36.3. The van der Waals surface area contributed by atoms with Crippen molar-refractivity contribution in [2.24, 2.45) is 0 Å². The monoisotopic (exact) mass is 592 g/mol. The van der Waals surface area contributed by atoms with E-state index in [1.54, 1.807) is 22.3 Å². The number of halogens is 1. The van der Waals surface area contributed by atoms with E-state index in [0.29, 0.717) is 7.25 Å². The molecule has 1 heterocycles. The Balaban J connectivity index is 0.00000264. The molecule has 0 aromatic heterocycles. The van der Waals surface area contributed by atoms with E-state index in [1.165, 1.54) is 54.5 Å². The predicted octanol–water partition coefficient (Wildman–Crippen LogP) is 10.8. The molecule has 2 unspecified atom stereocenters. The van der Waals surface area contributed by atoms with Crippen molar-refractivity contribution in [1.82, 2.24) is 0 Å². The summed E-state index contributed by atoms with van der Waals surface area (Å²) in [5, 5.41) is 0. The number of hydrogen-bond acceptors (Lipinski definition) is 0. The van der Waals surface area contributed by atoms with Crippen molar-refractivity contribution in [2.75, 3.05) is 0 Å². The Morgan fingerprint density at radius 3 is 1.37 bits per heavy atom. The van der Waals surface area contributed by atoms with Gasteiger partial charge in [-0.2, -0.15) is 0 Å². The first-order valence-electron chi connectivity index (χ1n) is 13.9. The Bertz CT molecular complexity index is 1430. The maximum atomic E-state index is 2.56. The molecule has 4 aromatic carbocycles. The van der Waals surface area contributed by atoms with Crippen molar-refractivity contribution in [3.8, 4) is 22.3 Å². The van der Waals surface area contributed by atoms with Crippen molar-refractivity contribution < 1.29 is 20.3 Å². The van der Waals surface area contributed by atoms with Gasteiger partial charge in [0, 0.05) is 0 Å². The molecule has 7 rings (SSSR count). The standard InChI is InChI=1S/2C16H13.C4H8.ClH.Zr/c2*1-12-10-14-8-5-9-15(16(14)11-12)13-6-3-2-4-7-13;1-3-4-2;;/h2*2-11H,1H3;1-4H2;1H;. The molecule has 2 heteroatoms. The van der Waals surface area contributed by atoms with Gasteiger partial charge in [0.1, 0.15) is 0 Å². The maximum Gasteiger partial charge on any atom is -0.147 e. The molecule has 0 N–H and O–H groups in total. The summed E-state index contributed by atoms with van der Waals surface area (Å²) in [4.78, 5) is 0. The molecule has 190 valence electrons. The Hall–Kier alpha value is -2.47. The normalized spacial score (nSPS) is 20.8. The number of fused-ring (bicyclic) bond motifs is 2. The van der Waals surface area contributed by atoms with Crippen LogP contribution in [0.15, 0.2) is 108 Å². The van der Waals surface area contributed by atoms with Crippen molar-refractivity contribution in [2.45, 2.75) is 42.2 Å². The minimum atomic E-state index is -2.81. The van der Waals surface area contributed by atoms with E-state index in [1.807, 2.05) is 0 Å². The van der Waals surface area contributed by atoms with Crippen LogP contribution in [0.3, 0.4) is 0 Å². The summed E-state index contributed by atoms with van der Waals surface area (Å²) < 4.78 is 4.36. The van der Waals surface area contributed by atoms with E-state index in [2.05, 4.69) is 123 Å². The molecule has 1 aliphatic heterocycles. The van der Waals surface area contributed by atoms with Crippen LogP contribution in [0.5, 0.6) is 0 Å². The number of hydrogen-bond donors (Lipinski definition) is 0. The van der Waals surface area contributed by atoms with Crippen LogP contribution in [-0.4, -0.2) is 0 Å². The van der Waals surface area contributed by atoms with Gasteiger partial charge in [-0.15, -0.1) is 12.4 Å². The molecule has 4 aromatic rings. The Morgan fingerprint density at radius 2 is 0.947 bits per heavy atom. The second kappa shape index (κ2) is 10.3. The van der Waals surface area contributed by atoms with Crippen molar-refractivity contribution >= 4 is 24.6 Å². The molecule has 0 bridgehead atoms. The van der Waals surface area contributed by atoms with E-state index in [9.17, 15) is 0 Å². The second-order valence-electron chi connectivity index (χ2n) is 11.4. The fourth-order valence-electron chi connectivity index (χ4n) is 8.15. The van der Waals surface area contributed by atoms with Gasteiger partial charge in [0.15, 0.2) is 0 Å². The Kier molecular flexibility index (Phi) is 6.96. The van der Waals surface area contributed by atoms with E-state index in [0.717, 1.165) is 0 Å². The summed E-state index contributed by atoms with van der Waals surface area (Å²) in [7, 11) is 0. The van der Waals surface area contributed by atoms with E-state index < -0.39 is 20.3 Å². The average Bonchev–Trinajstić information content (AvgIpc) is 3.64. The summed E-state index contributed by atoms with van der Waals surface area (Å²) >= 11 is -2.81. The molecule has 2 atom stereocenters. The van der Waals surface area contributed by atoms with Crippen LogP contribution >= 0.6 is 12.4 Å². The topological polar surface area (TPSA) is 0 Å². The molecule has 0 saturated carbocycles. The zero-order valence-corrected chi connectivity index (χ0v) is 25.6. The third-order valence-corrected chi connectivity index (χ3v) is 25.1. The number of allylic oxidation sites excluding steroid dienone is 2. The Morgan fingerprint density at radius 1 is 0.526 bits per heavy atom. The fraction of sp³-hybridized carbons (Fsp3) is 0.222. The largest absolute Gasteiger partial charge is 0.147 e. The first kappa shape index (κ1) is 25.8. The Labute approximate surface area is 238 Å². The third-order valence-electron chi connectivity index (χ3n) is 9.41. The molecule has 0 nitrogen and oxygen atoms in total. The van der Waals surface area contributed by atoms with Crippen LogP contribution < -0.4 is 0 Å². The molecule has 1 fully saturated rings. The van der Waals surface area contributed by atoms with Crippen molar-refractivity contribution in [1.29, 1.82) is 0 Å². The summed E-state index contributed by atoms with van der Waals surface area (Å²) in [6.07, 6.45) is 7.97. The van der Waals surface area contributed by atoms with Gasteiger partial charge in [-0.25, -0.2) is 0 Å². The van der Waals surface area contributed by atoms with Gasteiger partial charge in [0.25, 0.3) is 0 Å². The smallest absolute Gasteiger partial charge is 0.147 e. The molecule has 38 heavy (non-hydrogen) atoms. The molecule has 2 aliphatic carbocycles. The van der Waals surface area contributed by atoms with Crippen LogP contribution in [0.2, 0.25) is 8.26 Å². The third kappa shape index (κ3) is 3.97. The first-order chi connectivity index (χ1) is 18.2. The van der Waals surface area contributed by atoms with Crippen LogP contribution in [0.1, 0.15) is 56.2 Å². The zero-order valence-electron chi connectivity index (χ0n) is 22.3. The molecule has 0 spiro atoms. The van der Waals surface area contributed by atoms with Crippen molar-refractivity contribution in [3.63, 3.8) is 0 Å². The molecular formula is C36H35ClZr. The van der Waals surface area contributed by atoms with E-state index in [4.69, 9.17) is 0 Å². The SMILES string of the molecule is CC1=Cc2c(-c3ccccc3)cccc2[CH]1[Zr]1([CH]2C(C)=Cc3c(-c4ccccc4)cccc32)[CH2]CC[CH2]1.Cl. The quantitative estimate of drug-likeness (QED) is 0.221. The van der Waals surface area contributed by atoms with Gasteiger partial charge in [0.2, 0.25) is 0 Å². The summed E-state index contributed by atoms with van der Waals surface area (Å²) in [6.45, 7) is 4.90. The summed E-state index contributed by atoms with van der Waals surface area (Å²) in [5.41, 5.74) is 15.0. The van der Waals surface area contributed by atoms with Gasteiger partial charge in [-0.3, -0.25) is 0 Å². The molecule has 1 saturated heterocycles. The van der Waals surface area contributed by atoms with Gasteiger partial charge in [-0.05, 0) is 0 Å². The number of benzene rings is 4. The molecular weight excluding hydrogens is 559 g/mol. The minimum Gasteiger partial charge on any atom is -0.147 e. The minimum absolute atomic E-state index is 0. The molecule has 0 amide bonds. The second-order valence-corrected chi connectivity index (χ2v) is 22.8. The van der Waals surface area contributed by atoms with Crippen LogP contribution in [0.25, 0.3) is 34.4 Å².